The lowest BCUT2D eigenvalue weighted by molar-refractivity contribution is -0.0648. The molecule has 0 aromatic heterocycles. The van der Waals surface area contributed by atoms with Crippen LogP contribution in [0.25, 0.3) is 0 Å². The molecule has 0 N–H and O–H groups in total. The molecular formula is C11H19F2NO. The van der Waals surface area contributed by atoms with Crippen molar-refractivity contribution in [3.63, 3.8) is 0 Å². The van der Waals surface area contributed by atoms with Gasteiger partial charge in [-0.15, -0.1) is 0 Å². The largest absolute Gasteiger partial charge is 0.377 e. The highest BCUT2D eigenvalue weighted by Gasteiger charge is 2.53. The maximum Gasteiger partial charge on any atom is 0.242 e. The van der Waals surface area contributed by atoms with E-state index in [0.29, 0.717) is 19.6 Å². The average Bonchev–Trinajstić information content (AvgIpc) is 2.37. The summed E-state index contributed by atoms with van der Waals surface area (Å²) in [7, 11) is 0. The quantitative estimate of drug-likeness (QED) is 0.718. The van der Waals surface area contributed by atoms with E-state index in [-0.39, 0.29) is 11.6 Å². The summed E-state index contributed by atoms with van der Waals surface area (Å²) >= 11 is 0. The molecule has 0 aromatic carbocycles. The minimum absolute atomic E-state index is 0.0502. The molecule has 88 valence electrons. The predicted molar refractivity (Wildman–Crippen MR) is 54.1 cm³/mol. The zero-order valence-corrected chi connectivity index (χ0v) is 9.38. The van der Waals surface area contributed by atoms with Gasteiger partial charge in [0, 0.05) is 24.5 Å². The molecule has 0 radical (unpaired) electrons. The van der Waals surface area contributed by atoms with E-state index in [1.165, 1.54) is 0 Å². The highest BCUT2D eigenvalue weighted by molar-refractivity contribution is 5.07. The van der Waals surface area contributed by atoms with Gasteiger partial charge in [0.15, 0.2) is 0 Å². The molecule has 2 aliphatic heterocycles. The molecule has 0 aromatic rings. The van der Waals surface area contributed by atoms with Gasteiger partial charge in [0.05, 0.1) is 12.7 Å². The SMILES string of the molecule is CC(C)OCC12CCN1C[C@H](C(F)F)C2. The molecule has 2 aliphatic rings. The summed E-state index contributed by atoms with van der Waals surface area (Å²) in [5.74, 6) is -0.441. The zero-order valence-electron chi connectivity index (χ0n) is 9.38. The van der Waals surface area contributed by atoms with Crippen molar-refractivity contribution in [1.29, 1.82) is 0 Å². The standard InChI is InChI=1S/C11H19F2NO/c1-8(2)15-7-11-3-4-14(11)6-9(5-11)10(12)13/h8-10H,3-7H2,1-2H3/t9-,11?/m1/s1. The van der Waals surface area contributed by atoms with E-state index in [4.69, 9.17) is 4.74 Å². The fraction of sp³-hybridized carbons (Fsp3) is 1.00. The van der Waals surface area contributed by atoms with Crippen molar-refractivity contribution in [1.82, 2.24) is 4.90 Å². The number of ether oxygens (including phenoxy) is 1. The summed E-state index contributed by atoms with van der Waals surface area (Å²) in [5, 5.41) is 0. The molecule has 0 bridgehead atoms. The first-order chi connectivity index (χ1) is 7.03. The first-order valence-electron chi connectivity index (χ1n) is 5.68. The molecule has 4 heteroatoms. The van der Waals surface area contributed by atoms with Gasteiger partial charge < -0.3 is 4.74 Å². The summed E-state index contributed by atoms with van der Waals surface area (Å²) in [6.07, 6.45) is -0.362. The van der Waals surface area contributed by atoms with Gasteiger partial charge in [-0.05, 0) is 26.7 Å². The van der Waals surface area contributed by atoms with E-state index in [1.54, 1.807) is 0 Å². The molecule has 0 spiro atoms. The van der Waals surface area contributed by atoms with E-state index in [2.05, 4.69) is 4.90 Å². The lowest BCUT2D eigenvalue weighted by Crippen LogP contribution is -2.58. The van der Waals surface area contributed by atoms with Gasteiger partial charge in [0.1, 0.15) is 0 Å². The summed E-state index contributed by atoms with van der Waals surface area (Å²) in [5.41, 5.74) is -0.0502. The lowest BCUT2D eigenvalue weighted by Gasteiger charge is -2.48. The molecule has 2 heterocycles. The second-order valence-corrected chi connectivity index (χ2v) is 5.08. The van der Waals surface area contributed by atoms with Crippen molar-refractivity contribution < 1.29 is 13.5 Å². The van der Waals surface area contributed by atoms with E-state index in [1.807, 2.05) is 13.8 Å². The Labute approximate surface area is 89.6 Å². The van der Waals surface area contributed by atoms with Crippen molar-refractivity contribution in [2.45, 2.75) is 44.8 Å². The van der Waals surface area contributed by atoms with Gasteiger partial charge in [-0.25, -0.2) is 8.78 Å². The molecule has 1 unspecified atom stereocenters. The first-order valence-corrected chi connectivity index (χ1v) is 5.68. The third-order valence-electron chi connectivity index (χ3n) is 3.66. The molecule has 2 atom stereocenters. The Morgan fingerprint density at radius 3 is 2.67 bits per heavy atom. The smallest absolute Gasteiger partial charge is 0.242 e. The topological polar surface area (TPSA) is 12.5 Å². The number of alkyl halides is 2. The Morgan fingerprint density at radius 1 is 1.47 bits per heavy atom. The maximum absolute atomic E-state index is 12.6. The summed E-state index contributed by atoms with van der Waals surface area (Å²) < 4.78 is 30.8. The van der Waals surface area contributed by atoms with Crippen molar-refractivity contribution in [3.8, 4) is 0 Å². The van der Waals surface area contributed by atoms with Gasteiger partial charge in [0.2, 0.25) is 6.43 Å². The van der Waals surface area contributed by atoms with Gasteiger partial charge in [-0.1, -0.05) is 0 Å². The number of rotatable bonds is 4. The minimum atomic E-state index is -2.17. The normalized spacial score (nSPS) is 36.0. The van der Waals surface area contributed by atoms with Crippen LogP contribution in [0.1, 0.15) is 26.7 Å². The van der Waals surface area contributed by atoms with Crippen molar-refractivity contribution >= 4 is 0 Å². The van der Waals surface area contributed by atoms with Crippen LogP contribution >= 0.6 is 0 Å². The van der Waals surface area contributed by atoms with Crippen LogP contribution in [0.5, 0.6) is 0 Å². The highest BCUT2D eigenvalue weighted by Crippen LogP contribution is 2.45. The van der Waals surface area contributed by atoms with E-state index in [9.17, 15) is 8.78 Å². The van der Waals surface area contributed by atoms with Gasteiger partial charge in [-0.3, -0.25) is 4.90 Å². The second kappa shape index (κ2) is 3.98. The summed E-state index contributed by atoms with van der Waals surface area (Å²) in [6.45, 7) is 6.11. The molecule has 2 rings (SSSR count). The van der Waals surface area contributed by atoms with Crippen LogP contribution in [0, 0.1) is 5.92 Å². The summed E-state index contributed by atoms with van der Waals surface area (Å²) in [6, 6.07) is 0. The van der Waals surface area contributed by atoms with E-state index in [0.717, 1.165) is 13.0 Å². The van der Waals surface area contributed by atoms with Crippen LogP contribution in [0.2, 0.25) is 0 Å². The van der Waals surface area contributed by atoms with Crippen LogP contribution < -0.4 is 0 Å². The van der Waals surface area contributed by atoms with Crippen LogP contribution in [-0.4, -0.2) is 42.7 Å². The Bertz CT molecular complexity index is 235. The van der Waals surface area contributed by atoms with Crippen molar-refractivity contribution in [2.75, 3.05) is 19.7 Å². The lowest BCUT2D eigenvalue weighted by atomic mass is 9.84. The van der Waals surface area contributed by atoms with Crippen LogP contribution in [0.15, 0.2) is 0 Å². The Hall–Kier alpha value is -0.220. The van der Waals surface area contributed by atoms with Crippen LogP contribution in [0.4, 0.5) is 8.78 Å². The summed E-state index contributed by atoms with van der Waals surface area (Å²) in [4.78, 5) is 2.17. The average molecular weight is 219 g/mol. The fourth-order valence-electron chi connectivity index (χ4n) is 2.65. The molecule has 0 aliphatic carbocycles. The molecular weight excluding hydrogens is 200 g/mol. The number of hydrogen-bond acceptors (Lipinski definition) is 2. The molecule has 2 nitrogen and oxygen atoms in total. The minimum Gasteiger partial charge on any atom is -0.377 e. The van der Waals surface area contributed by atoms with Crippen molar-refractivity contribution in [3.05, 3.63) is 0 Å². The van der Waals surface area contributed by atoms with Crippen LogP contribution in [-0.2, 0) is 4.74 Å². The third kappa shape index (κ3) is 2.02. The zero-order chi connectivity index (χ0) is 11.1. The van der Waals surface area contributed by atoms with Gasteiger partial charge >= 0.3 is 0 Å². The fourth-order valence-corrected chi connectivity index (χ4v) is 2.65. The van der Waals surface area contributed by atoms with Crippen molar-refractivity contribution in [2.24, 2.45) is 5.92 Å². The number of halogens is 2. The number of hydrogen-bond donors (Lipinski definition) is 0. The molecule has 2 saturated heterocycles. The third-order valence-corrected chi connectivity index (χ3v) is 3.66. The molecule has 0 amide bonds. The maximum atomic E-state index is 12.6. The Morgan fingerprint density at radius 2 is 2.20 bits per heavy atom. The monoisotopic (exact) mass is 219 g/mol. The van der Waals surface area contributed by atoms with Gasteiger partial charge in [-0.2, -0.15) is 0 Å². The molecule has 2 fully saturated rings. The highest BCUT2D eigenvalue weighted by atomic mass is 19.3. The molecule has 0 saturated carbocycles. The Kier molecular flexibility index (Phi) is 2.99. The van der Waals surface area contributed by atoms with Crippen LogP contribution in [0.3, 0.4) is 0 Å². The number of fused-ring (bicyclic) bond motifs is 1. The van der Waals surface area contributed by atoms with E-state index >= 15 is 0 Å². The first kappa shape index (κ1) is 11.3. The predicted octanol–water partition coefficient (Wildman–Crippen LogP) is 2.14. The number of nitrogens with zero attached hydrogens (tertiary/aromatic N) is 1. The second-order valence-electron chi connectivity index (χ2n) is 5.08. The van der Waals surface area contributed by atoms with E-state index < -0.39 is 12.3 Å². The van der Waals surface area contributed by atoms with Gasteiger partial charge in [0.25, 0.3) is 0 Å². The molecule has 15 heavy (non-hydrogen) atoms. The Balaban J connectivity index is 1.92.